The minimum Gasteiger partial charge on any atom is -0.330 e. The zero-order valence-corrected chi connectivity index (χ0v) is 10.5. The maximum absolute atomic E-state index is 11.1. The average molecular weight is 276 g/mol. The molecule has 1 aromatic rings. The Balaban J connectivity index is 2.61. The zero-order chi connectivity index (χ0) is 12.9. The maximum atomic E-state index is 11.1. The van der Waals surface area contributed by atoms with E-state index in [1.54, 1.807) is 24.3 Å². The number of rotatable bonds is 4. The Morgan fingerprint density at radius 2 is 1.94 bits per heavy atom. The molecule has 0 saturated carbocycles. The van der Waals surface area contributed by atoms with Crippen LogP contribution in [0.25, 0.3) is 6.08 Å². The van der Waals surface area contributed by atoms with Crippen molar-refractivity contribution in [2.45, 2.75) is 6.92 Å². The highest BCUT2D eigenvalue weighted by atomic mass is 35.5. The molecule has 0 aromatic heterocycles. The number of benzene rings is 1. The molecule has 0 radical (unpaired) electrons. The van der Waals surface area contributed by atoms with E-state index in [0.29, 0.717) is 5.02 Å². The molecule has 1 N–H and O–H groups in total. The molecular weight excluding hydrogens is 266 g/mol. The normalized spacial score (nSPS) is 11.4. The molecule has 0 unspecified atom stereocenters. The van der Waals surface area contributed by atoms with Crippen LogP contribution in [0, 0.1) is 0 Å². The quantitative estimate of drug-likeness (QED) is 0.908. The summed E-state index contributed by atoms with van der Waals surface area (Å²) in [5.74, 6) is -0.905. The average Bonchev–Trinajstić information content (AvgIpc) is 2.18. The molecule has 0 spiro atoms. The smallest absolute Gasteiger partial charge is 0.330 e. The van der Waals surface area contributed by atoms with E-state index in [-0.39, 0.29) is 0 Å². The van der Waals surface area contributed by atoms with Gasteiger partial charge in [-0.2, -0.15) is 8.42 Å². The number of nitrogens with one attached hydrogen (secondary N) is 1. The molecule has 5 nitrogen and oxygen atoms in total. The van der Waals surface area contributed by atoms with E-state index in [1.807, 2.05) is 4.72 Å². The summed E-state index contributed by atoms with van der Waals surface area (Å²) < 4.78 is 28.1. The van der Waals surface area contributed by atoms with Crippen LogP contribution in [0.5, 0.6) is 0 Å². The van der Waals surface area contributed by atoms with Crippen LogP contribution in [0.1, 0.15) is 12.5 Å². The Morgan fingerprint density at radius 3 is 2.47 bits per heavy atom. The fourth-order valence-corrected chi connectivity index (χ4v) is 1.68. The van der Waals surface area contributed by atoms with Crippen molar-refractivity contribution in [1.29, 1.82) is 0 Å². The van der Waals surface area contributed by atoms with Crippen LogP contribution in [-0.4, -0.2) is 14.4 Å². The standard InChI is InChI=1S/C10H10ClNO4S/c1-8(13)16-17(14,15)12-7-6-9-2-4-10(11)5-3-9/h2-7,12H,1H3. The van der Waals surface area contributed by atoms with E-state index >= 15 is 0 Å². The van der Waals surface area contributed by atoms with Crippen LogP contribution in [0.15, 0.2) is 30.5 Å². The predicted octanol–water partition coefficient (Wildman–Crippen LogP) is 1.71. The summed E-state index contributed by atoms with van der Waals surface area (Å²) in [5, 5.41) is 0.586. The molecule has 7 heteroatoms. The van der Waals surface area contributed by atoms with E-state index in [1.165, 1.54) is 6.08 Å². The van der Waals surface area contributed by atoms with Crippen molar-refractivity contribution in [2.24, 2.45) is 0 Å². The van der Waals surface area contributed by atoms with Gasteiger partial charge in [-0.3, -0.25) is 9.52 Å². The molecule has 0 bridgehead atoms. The van der Waals surface area contributed by atoms with Crippen molar-refractivity contribution in [3.63, 3.8) is 0 Å². The lowest BCUT2D eigenvalue weighted by molar-refractivity contribution is -0.131. The first kappa shape index (κ1) is 13.5. The predicted molar refractivity (Wildman–Crippen MR) is 64.3 cm³/mol. The molecule has 0 aliphatic rings. The summed E-state index contributed by atoms with van der Waals surface area (Å²) in [6.07, 6.45) is 2.65. The lowest BCUT2D eigenvalue weighted by Crippen LogP contribution is -2.22. The molecule has 0 heterocycles. The van der Waals surface area contributed by atoms with E-state index in [4.69, 9.17) is 11.6 Å². The van der Waals surface area contributed by atoms with Gasteiger partial charge in [0.15, 0.2) is 0 Å². The summed E-state index contributed by atoms with van der Waals surface area (Å²) in [6, 6.07) is 6.75. The highest BCUT2D eigenvalue weighted by Gasteiger charge is 2.10. The topological polar surface area (TPSA) is 72.5 Å². The summed E-state index contributed by atoms with van der Waals surface area (Å²) >= 11 is 5.68. The van der Waals surface area contributed by atoms with Crippen LogP contribution in [-0.2, 0) is 19.3 Å². The Kier molecular flexibility index (Phi) is 4.53. The third-order valence-corrected chi connectivity index (χ3v) is 2.72. The summed E-state index contributed by atoms with van der Waals surface area (Å²) in [4.78, 5) is 10.4. The van der Waals surface area contributed by atoms with Crippen LogP contribution in [0.3, 0.4) is 0 Å². The van der Waals surface area contributed by atoms with Crippen molar-refractivity contribution >= 4 is 34.0 Å². The Labute approximate surface area is 104 Å². The molecule has 1 aromatic carbocycles. The van der Waals surface area contributed by atoms with Gasteiger partial charge in [-0.25, -0.2) is 0 Å². The van der Waals surface area contributed by atoms with Crippen molar-refractivity contribution in [1.82, 2.24) is 4.72 Å². The van der Waals surface area contributed by atoms with Crippen molar-refractivity contribution in [3.05, 3.63) is 41.1 Å². The number of halogens is 1. The molecule has 1 rings (SSSR count). The van der Waals surface area contributed by atoms with Crippen LogP contribution in [0.2, 0.25) is 5.02 Å². The highest BCUT2D eigenvalue weighted by Crippen LogP contribution is 2.10. The van der Waals surface area contributed by atoms with Crippen LogP contribution in [0.4, 0.5) is 0 Å². The van der Waals surface area contributed by atoms with Gasteiger partial charge < -0.3 is 4.18 Å². The Hall–Kier alpha value is -1.53. The maximum Gasteiger partial charge on any atom is 0.409 e. The zero-order valence-electron chi connectivity index (χ0n) is 8.88. The second-order valence-electron chi connectivity index (χ2n) is 3.03. The SMILES string of the molecule is CC(=O)OS(=O)(=O)NC=Cc1ccc(Cl)cc1. The van der Waals surface area contributed by atoms with Gasteiger partial charge >= 0.3 is 16.3 Å². The van der Waals surface area contributed by atoms with Gasteiger partial charge in [0.1, 0.15) is 0 Å². The van der Waals surface area contributed by atoms with Gasteiger partial charge in [-0.15, -0.1) is 0 Å². The molecule has 0 amide bonds. The van der Waals surface area contributed by atoms with Crippen LogP contribution < -0.4 is 4.72 Å². The van der Waals surface area contributed by atoms with Crippen molar-refractivity contribution in [3.8, 4) is 0 Å². The van der Waals surface area contributed by atoms with E-state index < -0.39 is 16.3 Å². The van der Waals surface area contributed by atoms with Gasteiger partial charge in [0.25, 0.3) is 0 Å². The monoisotopic (exact) mass is 275 g/mol. The second kappa shape index (κ2) is 5.70. The molecule has 92 valence electrons. The molecule has 0 atom stereocenters. The molecule has 0 aliphatic carbocycles. The summed E-state index contributed by atoms with van der Waals surface area (Å²) in [5.41, 5.74) is 0.750. The molecule has 0 aliphatic heterocycles. The minimum absolute atomic E-state index is 0.586. The van der Waals surface area contributed by atoms with Gasteiger partial charge in [0, 0.05) is 18.1 Å². The van der Waals surface area contributed by atoms with Crippen LogP contribution >= 0.6 is 11.6 Å². The molecule has 0 saturated heterocycles. The third-order valence-electron chi connectivity index (χ3n) is 1.59. The molecule has 17 heavy (non-hydrogen) atoms. The Morgan fingerprint density at radius 1 is 1.35 bits per heavy atom. The second-order valence-corrected chi connectivity index (χ2v) is 4.78. The highest BCUT2D eigenvalue weighted by molar-refractivity contribution is 7.85. The van der Waals surface area contributed by atoms with Gasteiger partial charge in [-0.1, -0.05) is 23.7 Å². The number of hydrogen-bond acceptors (Lipinski definition) is 4. The van der Waals surface area contributed by atoms with Gasteiger partial charge in [0.2, 0.25) is 0 Å². The fourth-order valence-electron chi connectivity index (χ4n) is 0.966. The lowest BCUT2D eigenvalue weighted by atomic mass is 10.2. The number of hydrogen-bond donors (Lipinski definition) is 1. The van der Waals surface area contributed by atoms with Crippen molar-refractivity contribution in [2.75, 3.05) is 0 Å². The molecular formula is C10H10ClNO4S. The first-order valence-electron chi connectivity index (χ1n) is 4.53. The van der Waals surface area contributed by atoms with E-state index in [2.05, 4.69) is 4.18 Å². The van der Waals surface area contributed by atoms with E-state index in [0.717, 1.165) is 18.7 Å². The fraction of sp³-hybridized carbons (Fsp3) is 0.100. The summed E-state index contributed by atoms with van der Waals surface area (Å²) in [6.45, 7) is 1.00. The molecule has 0 fully saturated rings. The van der Waals surface area contributed by atoms with Gasteiger partial charge in [0.05, 0.1) is 0 Å². The minimum atomic E-state index is -4.07. The Bertz CT molecular complexity index is 522. The van der Waals surface area contributed by atoms with Crippen molar-refractivity contribution < 1.29 is 17.4 Å². The lowest BCUT2D eigenvalue weighted by Gasteiger charge is -2.01. The number of carbonyl (C=O) groups excluding carboxylic acids is 1. The summed E-state index contributed by atoms with van der Waals surface area (Å²) in [7, 11) is -4.07. The van der Waals surface area contributed by atoms with Gasteiger partial charge in [-0.05, 0) is 23.8 Å². The largest absolute Gasteiger partial charge is 0.409 e. The third kappa shape index (κ3) is 5.37. The number of carbonyl (C=O) groups is 1. The van der Waals surface area contributed by atoms with E-state index in [9.17, 15) is 13.2 Å². The first-order chi connectivity index (χ1) is 7.89. The first-order valence-corrected chi connectivity index (χ1v) is 6.32.